The highest BCUT2D eigenvalue weighted by atomic mass is 16.5. The summed E-state index contributed by atoms with van der Waals surface area (Å²) in [5.74, 6) is 0.821. The predicted molar refractivity (Wildman–Crippen MR) is 104 cm³/mol. The molecule has 1 atom stereocenters. The normalized spacial score (nSPS) is 19.2. The lowest BCUT2D eigenvalue weighted by Gasteiger charge is -2.28. The smallest absolute Gasteiger partial charge is 0.266 e. The van der Waals surface area contributed by atoms with Gasteiger partial charge in [-0.2, -0.15) is 5.10 Å². The molecule has 1 unspecified atom stereocenters. The molecule has 0 bridgehead atoms. The molecule has 2 aliphatic rings. The highest BCUT2D eigenvalue weighted by Gasteiger charge is 2.26. The summed E-state index contributed by atoms with van der Waals surface area (Å²) < 4.78 is 6.74. The molecule has 0 saturated carbocycles. The van der Waals surface area contributed by atoms with Gasteiger partial charge in [0, 0.05) is 44.9 Å². The van der Waals surface area contributed by atoms with Crippen molar-refractivity contribution in [1.82, 2.24) is 20.1 Å². The minimum Gasteiger partial charge on any atom is -0.378 e. The number of hydrogen-bond acceptors (Lipinski definition) is 6. The molecule has 1 saturated heterocycles. The molecule has 3 heterocycles. The first kappa shape index (κ1) is 18.6. The van der Waals surface area contributed by atoms with E-state index in [9.17, 15) is 9.59 Å². The Labute approximate surface area is 163 Å². The van der Waals surface area contributed by atoms with Crippen LogP contribution in [0.5, 0.6) is 0 Å². The Morgan fingerprint density at radius 3 is 2.96 bits per heavy atom. The number of morpholine rings is 1. The van der Waals surface area contributed by atoms with Crippen molar-refractivity contribution in [1.29, 1.82) is 0 Å². The number of carbonyl (C=O) groups excluding carboxylic acids is 1. The van der Waals surface area contributed by atoms with Crippen LogP contribution in [0.25, 0.3) is 0 Å². The van der Waals surface area contributed by atoms with E-state index in [1.807, 2.05) is 12.1 Å². The number of nitrogens with zero attached hydrogens (tertiary/aromatic N) is 4. The predicted octanol–water partition coefficient (Wildman–Crippen LogP) is 0.433. The molecule has 148 valence electrons. The first-order chi connectivity index (χ1) is 13.6. The lowest BCUT2D eigenvalue weighted by Crippen LogP contribution is -2.37. The van der Waals surface area contributed by atoms with Gasteiger partial charge in [0.15, 0.2) is 0 Å². The van der Waals surface area contributed by atoms with Gasteiger partial charge in [0.2, 0.25) is 5.91 Å². The van der Waals surface area contributed by atoms with Crippen LogP contribution in [0.2, 0.25) is 0 Å². The molecule has 2 aromatic rings. The van der Waals surface area contributed by atoms with E-state index in [0.717, 1.165) is 48.6 Å². The number of aromatic nitrogens is 3. The minimum absolute atomic E-state index is 0.0241. The van der Waals surface area contributed by atoms with Gasteiger partial charge >= 0.3 is 0 Å². The highest BCUT2D eigenvalue weighted by Crippen LogP contribution is 2.23. The Morgan fingerprint density at radius 2 is 2.14 bits per heavy atom. The van der Waals surface area contributed by atoms with Crippen LogP contribution >= 0.6 is 0 Å². The SMILES string of the molecule is Cn1nc2c(cc1=O)CC(C(=O)NCc1ccnc(N3CCOCC3)c1)CC2. The van der Waals surface area contributed by atoms with Gasteiger partial charge in [0.05, 0.1) is 18.9 Å². The van der Waals surface area contributed by atoms with Gasteiger partial charge in [0.1, 0.15) is 5.82 Å². The molecule has 8 heteroatoms. The van der Waals surface area contributed by atoms with Gasteiger partial charge in [-0.1, -0.05) is 0 Å². The number of carbonyl (C=O) groups is 1. The minimum atomic E-state index is -0.132. The van der Waals surface area contributed by atoms with Crippen molar-refractivity contribution in [2.24, 2.45) is 13.0 Å². The number of nitrogens with one attached hydrogen (secondary N) is 1. The summed E-state index contributed by atoms with van der Waals surface area (Å²) in [5.41, 5.74) is 2.72. The van der Waals surface area contributed by atoms with E-state index in [1.165, 1.54) is 4.68 Å². The summed E-state index contributed by atoms with van der Waals surface area (Å²) >= 11 is 0. The van der Waals surface area contributed by atoms with Crippen LogP contribution in [-0.4, -0.2) is 47.0 Å². The van der Waals surface area contributed by atoms with Crippen molar-refractivity contribution < 1.29 is 9.53 Å². The number of hydrogen-bond donors (Lipinski definition) is 1. The summed E-state index contributed by atoms with van der Waals surface area (Å²) in [7, 11) is 1.65. The zero-order chi connectivity index (χ0) is 19.5. The molecule has 1 amide bonds. The first-order valence-corrected chi connectivity index (χ1v) is 9.71. The molecule has 0 radical (unpaired) electrons. The van der Waals surface area contributed by atoms with Crippen LogP contribution in [-0.2, 0) is 36.0 Å². The lowest BCUT2D eigenvalue weighted by molar-refractivity contribution is -0.125. The molecule has 0 aromatic carbocycles. The Morgan fingerprint density at radius 1 is 1.32 bits per heavy atom. The van der Waals surface area contributed by atoms with Crippen LogP contribution in [0.1, 0.15) is 23.2 Å². The Bertz CT molecular complexity index is 920. The van der Waals surface area contributed by atoms with Crippen molar-refractivity contribution in [2.75, 3.05) is 31.2 Å². The summed E-state index contributed by atoms with van der Waals surface area (Å²) in [4.78, 5) is 31.1. The third kappa shape index (κ3) is 4.06. The second kappa shape index (κ2) is 8.10. The number of aryl methyl sites for hydroxylation is 2. The fraction of sp³-hybridized carbons (Fsp3) is 0.500. The first-order valence-electron chi connectivity index (χ1n) is 9.71. The van der Waals surface area contributed by atoms with Gasteiger partial charge in [0.25, 0.3) is 5.56 Å². The monoisotopic (exact) mass is 383 g/mol. The number of rotatable bonds is 4. The van der Waals surface area contributed by atoms with E-state index >= 15 is 0 Å². The third-order valence-electron chi connectivity index (χ3n) is 5.44. The number of anilines is 1. The largest absolute Gasteiger partial charge is 0.378 e. The van der Waals surface area contributed by atoms with Gasteiger partial charge in [-0.15, -0.1) is 0 Å². The number of fused-ring (bicyclic) bond motifs is 1. The van der Waals surface area contributed by atoms with Crippen molar-refractivity contribution in [3.63, 3.8) is 0 Å². The number of ether oxygens (including phenoxy) is 1. The zero-order valence-corrected chi connectivity index (χ0v) is 16.1. The molecule has 4 rings (SSSR count). The average molecular weight is 383 g/mol. The van der Waals surface area contributed by atoms with Crippen LogP contribution < -0.4 is 15.8 Å². The van der Waals surface area contributed by atoms with Gasteiger partial charge in [-0.05, 0) is 42.5 Å². The molecule has 1 aliphatic heterocycles. The van der Waals surface area contributed by atoms with Gasteiger partial charge < -0.3 is 15.0 Å². The number of pyridine rings is 1. The van der Waals surface area contributed by atoms with Crippen LogP contribution in [0.3, 0.4) is 0 Å². The second-order valence-electron chi connectivity index (χ2n) is 7.36. The maximum atomic E-state index is 12.7. The van der Waals surface area contributed by atoms with Crippen molar-refractivity contribution in [3.8, 4) is 0 Å². The molecule has 28 heavy (non-hydrogen) atoms. The molecule has 0 spiro atoms. The Hall–Kier alpha value is -2.74. The topological polar surface area (TPSA) is 89.3 Å². The standard InChI is InChI=1S/C20H25N5O3/c1-24-19(26)12-16-11-15(2-3-17(16)23-24)20(27)22-13-14-4-5-21-18(10-14)25-6-8-28-9-7-25/h4-5,10,12,15H,2-3,6-9,11,13H2,1H3,(H,22,27). The molecule has 1 N–H and O–H groups in total. The lowest BCUT2D eigenvalue weighted by atomic mass is 9.86. The van der Waals surface area contributed by atoms with E-state index in [4.69, 9.17) is 4.74 Å². The van der Waals surface area contributed by atoms with E-state index in [2.05, 4.69) is 20.3 Å². The van der Waals surface area contributed by atoms with Gasteiger partial charge in [-0.25, -0.2) is 9.67 Å². The Balaban J connectivity index is 1.37. The molecular formula is C20H25N5O3. The molecule has 1 fully saturated rings. The number of amides is 1. The fourth-order valence-corrected chi connectivity index (χ4v) is 3.78. The molecule has 8 nitrogen and oxygen atoms in total. The summed E-state index contributed by atoms with van der Waals surface area (Å²) in [6.07, 6.45) is 3.82. The van der Waals surface area contributed by atoms with Crippen molar-refractivity contribution >= 4 is 11.7 Å². The van der Waals surface area contributed by atoms with Crippen molar-refractivity contribution in [3.05, 3.63) is 51.6 Å². The second-order valence-corrected chi connectivity index (χ2v) is 7.36. The van der Waals surface area contributed by atoms with E-state index < -0.39 is 0 Å². The maximum absolute atomic E-state index is 12.7. The summed E-state index contributed by atoms with van der Waals surface area (Å²) in [6.45, 7) is 3.56. The molecular weight excluding hydrogens is 358 g/mol. The van der Waals surface area contributed by atoms with Crippen molar-refractivity contribution in [2.45, 2.75) is 25.8 Å². The van der Waals surface area contributed by atoms with Crippen LogP contribution in [0.15, 0.2) is 29.2 Å². The maximum Gasteiger partial charge on any atom is 0.266 e. The Kier molecular flexibility index (Phi) is 5.38. The summed E-state index contributed by atoms with van der Waals surface area (Å²) in [5, 5.41) is 7.35. The molecule has 1 aliphatic carbocycles. The zero-order valence-electron chi connectivity index (χ0n) is 16.1. The van der Waals surface area contributed by atoms with E-state index in [0.29, 0.717) is 26.2 Å². The summed E-state index contributed by atoms with van der Waals surface area (Å²) in [6, 6.07) is 5.56. The average Bonchev–Trinajstić information content (AvgIpc) is 2.73. The van der Waals surface area contributed by atoms with E-state index in [1.54, 1.807) is 19.3 Å². The third-order valence-corrected chi connectivity index (χ3v) is 5.44. The van der Waals surface area contributed by atoms with Crippen LogP contribution in [0, 0.1) is 5.92 Å². The quantitative estimate of drug-likeness (QED) is 0.824. The van der Waals surface area contributed by atoms with Gasteiger partial charge in [-0.3, -0.25) is 9.59 Å². The highest BCUT2D eigenvalue weighted by molar-refractivity contribution is 5.79. The van der Waals surface area contributed by atoms with Crippen LogP contribution in [0.4, 0.5) is 5.82 Å². The fourth-order valence-electron chi connectivity index (χ4n) is 3.78. The molecule has 2 aromatic heterocycles. The van der Waals surface area contributed by atoms with E-state index in [-0.39, 0.29) is 17.4 Å².